The molecule has 0 spiro atoms. The number of piperazine rings is 1. The number of hydrogen-bond acceptors (Lipinski definition) is 4. The third-order valence-corrected chi connectivity index (χ3v) is 5.66. The van der Waals surface area contributed by atoms with Crippen LogP contribution in [-0.2, 0) is 4.79 Å². The van der Waals surface area contributed by atoms with Crippen molar-refractivity contribution in [1.29, 1.82) is 5.26 Å². The first-order chi connectivity index (χ1) is 11.4. The van der Waals surface area contributed by atoms with Gasteiger partial charge in [-0.15, -0.1) is 11.8 Å². The van der Waals surface area contributed by atoms with Gasteiger partial charge in [0.25, 0.3) is 0 Å². The molecule has 1 aromatic rings. The van der Waals surface area contributed by atoms with E-state index in [2.05, 4.69) is 56.9 Å². The van der Waals surface area contributed by atoms with Crippen LogP contribution in [0.1, 0.15) is 25.0 Å². The lowest BCUT2D eigenvalue weighted by atomic mass is 10.0. The lowest BCUT2D eigenvalue weighted by Gasteiger charge is -2.38. The molecular formula is C19H27N3OS. The SMILES string of the molecule is Cc1ccc(C)c(SCC(=O)N2CCN(C(C#N)C(C)C)CC2)c1. The minimum atomic E-state index is -0.0495. The molecule has 130 valence electrons. The highest BCUT2D eigenvalue weighted by atomic mass is 32.2. The van der Waals surface area contributed by atoms with Crippen LogP contribution in [0.2, 0.25) is 0 Å². The molecule has 0 aromatic heterocycles. The van der Waals surface area contributed by atoms with Crippen molar-refractivity contribution in [2.75, 3.05) is 31.9 Å². The van der Waals surface area contributed by atoms with Crippen LogP contribution < -0.4 is 0 Å². The molecular weight excluding hydrogens is 318 g/mol. The molecule has 1 fully saturated rings. The quantitative estimate of drug-likeness (QED) is 0.770. The Balaban J connectivity index is 1.85. The maximum Gasteiger partial charge on any atom is 0.233 e. The predicted octanol–water partition coefficient (Wildman–Crippen LogP) is 3.09. The lowest BCUT2D eigenvalue weighted by Crippen LogP contribution is -2.53. The first-order valence-corrected chi connectivity index (χ1v) is 9.52. The van der Waals surface area contributed by atoms with Gasteiger partial charge in [0, 0.05) is 31.1 Å². The van der Waals surface area contributed by atoms with Gasteiger partial charge in [-0.1, -0.05) is 31.5 Å². The minimum Gasteiger partial charge on any atom is -0.339 e. The second-order valence-corrected chi connectivity index (χ2v) is 7.81. The zero-order valence-electron chi connectivity index (χ0n) is 15.1. The molecule has 0 radical (unpaired) electrons. The molecule has 24 heavy (non-hydrogen) atoms. The summed E-state index contributed by atoms with van der Waals surface area (Å²) in [6, 6.07) is 8.69. The summed E-state index contributed by atoms with van der Waals surface area (Å²) >= 11 is 1.62. The number of nitriles is 1. The van der Waals surface area contributed by atoms with Gasteiger partial charge in [0.05, 0.1) is 11.8 Å². The molecule has 1 aromatic carbocycles. The molecule has 2 rings (SSSR count). The summed E-state index contributed by atoms with van der Waals surface area (Å²) < 4.78 is 0. The molecule has 1 aliphatic rings. The number of carbonyl (C=O) groups is 1. The van der Waals surface area contributed by atoms with E-state index in [4.69, 9.17) is 0 Å². The number of benzene rings is 1. The zero-order chi connectivity index (χ0) is 17.7. The lowest BCUT2D eigenvalue weighted by molar-refractivity contribution is -0.130. The number of carbonyl (C=O) groups excluding carboxylic acids is 1. The van der Waals surface area contributed by atoms with Crippen LogP contribution in [0.15, 0.2) is 23.1 Å². The fraction of sp³-hybridized carbons (Fsp3) is 0.579. The van der Waals surface area contributed by atoms with Gasteiger partial charge in [-0.3, -0.25) is 9.69 Å². The minimum absolute atomic E-state index is 0.0495. The van der Waals surface area contributed by atoms with Gasteiger partial charge in [-0.05, 0) is 31.4 Å². The molecule has 0 aliphatic carbocycles. The van der Waals surface area contributed by atoms with E-state index in [1.165, 1.54) is 16.0 Å². The van der Waals surface area contributed by atoms with Crippen molar-refractivity contribution in [2.45, 2.75) is 38.6 Å². The van der Waals surface area contributed by atoms with Crippen molar-refractivity contribution < 1.29 is 4.79 Å². The van der Waals surface area contributed by atoms with Gasteiger partial charge in [0.1, 0.15) is 6.04 Å². The van der Waals surface area contributed by atoms with Crippen molar-refractivity contribution in [3.63, 3.8) is 0 Å². The number of aryl methyl sites for hydroxylation is 2. The average molecular weight is 346 g/mol. The second kappa shape index (κ2) is 8.55. The summed E-state index contributed by atoms with van der Waals surface area (Å²) in [7, 11) is 0. The highest BCUT2D eigenvalue weighted by Gasteiger charge is 2.27. The van der Waals surface area contributed by atoms with Gasteiger partial charge in [0.2, 0.25) is 5.91 Å². The summed E-state index contributed by atoms with van der Waals surface area (Å²) in [5.41, 5.74) is 2.44. The molecule has 1 aliphatic heterocycles. The monoisotopic (exact) mass is 345 g/mol. The van der Waals surface area contributed by atoms with Crippen molar-refractivity contribution in [2.24, 2.45) is 5.92 Å². The van der Waals surface area contributed by atoms with E-state index < -0.39 is 0 Å². The Kier molecular flexibility index (Phi) is 6.70. The third kappa shape index (κ3) is 4.75. The summed E-state index contributed by atoms with van der Waals surface area (Å²) in [4.78, 5) is 17.8. The topological polar surface area (TPSA) is 47.3 Å². The molecule has 0 saturated carbocycles. The van der Waals surface area contributed by atoms with Crippen molar-refractivity contribution in [3.8, 4) is 6.07 Å². The van der Waals surface area contributed by atoms with E-state index >= 15 is 0 Å². The van der Waals surface area contributed by atoms with Gasteiger partial charge in [-0.25, -0.2) is 0 Å². The molecule has 0 N–H and O–H groups in total. The first kappa shape index (κ1) is 18.8. The maximum absolute atomic E-state index is 12.5. The smallest absolute Gasteiger partial charge is 0.233 e. The second-order valence-electron chi connectivity index (χ2n) is 6.79. The van der Waals surface area contributed by atoms with E-state index in [0.717, 1.165) is 26.2 Å². The Morgan fingerprint density at radius 3 is 2.50 bits per heavy atom. The standard InChI is InChI=1S/C19H27N3OS/c1-14(2)17(12-20)21-7-9-22(10-8-21)19(23)13-24-18-11-15(3)5-6-16(18)4/h5-6,11,14,17H,7-10,13H2,1-4H3. The summed E-state index contributed by atoms with van der Waals surface area (Å²) in [5.74, 6) is 0.992. The van der Waals surface area contributed by atoms with Gasteiger partial charge >= 0.3 is 0 Å². The zero-order valence-corrected chi connectivity index (χ0v) is 15.9. The van der Waals surface area contributed by atoms with E-state index in [9.17, 15) is 10.1 Å². The molecule has 1 unspecified atom stereocenters. The number of thioether (sulfide) groups is 1. The van der Waals surface area contributed by atoms with Crippen molar-refractivity contribution in [1.82, 2.24) is 9.80 Å². The molecule has 1 heterocycles. The van der Waals surface area contributed by atoms with Gasteiger partial charge in [-0.2, -0.15) is 5.26 Å². The molecule has 1 saturated heterocycles. The Labute approximate surface area is 149 Å². The molecule has 1 atom stereocenters. The first-order valence-electron chi connectivity index (χ1n) is 8.54. The van der Waals surface area contributed by atoms with Crippen LogP contribution in [0, 0.1) is 31.1 Å². The van der Waals surface area contributed by atoms with E-state index in [1.807, 2.05) is 4.90 Å². The fourth-order valence-electron chi connectivity index (χ4n) is 3.00. The summed E-state index contributed by atoms with van der Waals surface area (Å²) in [6.45, 7) is 11.3. The number of nitrogens with zero attached hydrogens (tertiary/aromatic N) is 3. The largest absolute Gasteiger partial charge is 0.339 e. The van der Waals surface area contributed by atoms with Gasteiger partial charge < -0.3 is 4.90 Å². The van der Waals surface area contributed by atoms with E-state index in [0.29, 0.717) is 11.7 Å². The highest BCUT2D eigenvalue weighted by Crippen LogP contribution is 2.24. The van der Waals surface area contributed by atoms with Crippen LogP contribution in [0.25, 0.3) is 0 Å². The molecule has 5 heteroatoms. The third-order valence-electron chi connectivity index (χ3n) is 4.52. The predicted molar refractivity (Wildman–Crippen MR) is 99.0 cm³/mol. The van der Waals surface area contributed by atoms with Crippen LogP contribution in [0.4, 0.5) is 0 Å². The number of rotatable bonds is 5. The van der Waals surface area contributed by atoms with Crippen LogP contribution >= 0.6 is 11.8 Å². The highest BCUT2D eigenvalue weighted by molar-refractivity contribution is 8.00. The van der Waals surface area contributed by atoms with Crippen LogP contribution in [-0.4, -0.2) is 53.7 Å². The van der Waals surface area contributed by atoms with Crippen LogP contribution in [0.5, 0.6) is 0 Å². The normalized spacial score (nSPS) is 16.9. The number of amides is 1. The van der Waals surface area contributed by atoms with Crippen molar-refractivity contribution >= 4 is 17.7 Å². The van der Waals surface area contributed by atoms with E-state index in [-0.39, 0.29) is 11.9 Å². The molecule has 4 nitrogen and oxygen atoms in total. The molecule has 0 bridgehead atoms. The fourth-order valence-corrected chi connectivity index (χ4v) is 4.02. The Hall–Kier alpha value is -1.51. The Bertz CT molecular complexity index is 616. The van der Waals surface area contributed by atoms with Crippen LogP contribution in [0.3, 0.4) is 0 Å². The Morgan fingerprint density at radius 2 is 1.92 bits per heavy atom. The summed E-state index contributed by atoms with van der Waals surface area (Å²) in [5, 5.41) is 9.31. The van der Waals surface area contributed by atoms with Gasteiger partial charge in [0.15, 0.2) is 0 Å². The maximum atomic E-state index is 12.5. The van der Waals surface area contributed by atoms with E-state index in [1.54, 1.807) is 11.8 Å². The summed E-state index contributed by atoms with van der Waals surface area (Å²) in [6.07, 6.45) is 0. The number of hydrogen-bond donors (Lipinski definition) is 0. The molecule has 1 amide bonds. The Morgan fingerprint density at radius 1 is 1.25 bits per heavy atom. The van der Waals surface area contributed by atoms with Crippen molar-refractivity contribution in [3.05, 3.63) is 29.3 Å². The average Bonchev–Trinajstić information content (AvgIpc) is 2.56.